The van der Waals surface area contributed by atoms with Gasteiger partial charge in [0.25, 0.3) is 0 Å². The molecule has 6 aromatic rings. The number of carbonyl (C=O) groups excluding carboxylic acids is 1. The van der Waals surface area contributed by atoms with Gasteiger partial charge in [0.15, 0.2) is 12.0 Å². The number of phenols is 2. The van der Waals surface area contributed by atoms with Crippen molar-refractivity contribution in [1.29, 1.82) is 0 Å². The van der Waals surface area contributed by atoms with Gasteiger partial charge in [-0.1, -0.05) is 36.4 Å². The molecule has 0 bridgehead atoms. The zero-order valence-electron chi connectivity index (χ0n) is 31.0. The van der Waals surface area contributed by atoms with Crippen LogP contribution in [0.15, 0.2) is 97.3 Å². The number of ether oxygens (including phenoxy) is 3. The molecular formula is C43H46N6O6. The molecule has 12 nitrogen and oxygen atoms in total. The molecule has 2 aromatic heterocycles. The van der Waals surface area contributed by atoms with Crippen LogP contribution in [0.1, 0.15) is 61.6 Å². The third kappa shape index (κ3) is 7.13. The summed E-state index contributed by atoms with van der Waals surface area (Å²) < 4.78 is 21.8. The average Bonchev–Trinajstić information content (AvgIpc) is 3.91. The molecule has 1 unspecified atom stereocenters. The van der Waals surface area contributed by atoms with Crippen LogP contribution in [0.2, 0.25) is 0 Å². The molecule has 3 fully saturated rings. The van der Waals surface area contributed by atoms with Gasteiger partial charge in [0, 0.05) is 30.5 Å². The maximum Gasteiger partial charge on any atom is 0.321 e. The van der Waals surface area contributed by atoms with E-state index in [0.29, 0.717) is 25.9 Å². The zero-order valence-corrected chi connectivity index (χ0v) is 31.0. The predicted molar refractivity (Wildman–Crippen MR) is 206 cm³/mol. The summed E-state index contributed by atoms with van der Waals surface area (Å²) in [7, 11) is 0. The molecule has 4 aromatic carbocycles. The van der Waals surface area contributed by atoms with E-state index in [1.165, 1.54) is 0 Å². The summed E-state index contributed by atoms with van der Waals surface area (Å²) in [5.41, 5.74) is 5.77. The zero-order chi connectivity index (χ0) is 37.7. The molecule has 0 spiro atoms. The van der Waals surface area contributed by atoms with Crippen LogP contribution in [-0.2, 0) is 40.1 Å². The first kappa shape index (κ1) is 35.3. The fourth-order valence-electron chi connectivity index (χ4n) is 8.62. The summed E-state index contributed by atoms with van der Waals surface area (Å²) in [6, 6.07) is 25.7. The summed E-state index contributed by atoms with van der Waals surface area (Å²) in [6.07, 6.45) is 6.66. The maximum absolute atomic E-state index is 15.6. The molecule has 284 valence electrons. The summed E-state index contributed by atoms with van der Waals surface area (Å²) in [4.78, 5) is 19.5. The number of phenolic OH excluding ortho intramolecular Hbond substituents is 2. The second-order valence-electron chi connectivity index (χ2n) is 15.6. The number of amides is 2. The van der Waals surface area contributed by atoms with Gasteiger partial charge in [-0.25, -0.2) is 9.48 Å². The Morgan fingerprint density at radius 2 is 1.33 bits per heavy atom. The summed E-state index contributed by atoms with van der Waals surface area (Å²) in [6.45, 7) is 5.24. The number of H-pyrrole nitrogens is 1. The molecule has 55 heavy (non-hydrogen) atoms. The number of carbonyl (C=O) groups is 1. The third-order valence-corrected chi connectivity index (χ3v) is 11.3. The Bertz CT molecular complexity index is 2300. The quantitative estimate of drug-likeness (QED) is 0.141. The molecule has 3 saturated heterocycles. The molecule has 3 aliphatic rings. The Labute approximate surface area is 319 Å². The van der Waals surface area contributed by atoms with Crippen molar-refractivity contribution in [2.24, 2.45) is 0 Å². The van der Waals surface area contributed by atoms with Crippen LogP contribution >= 0.6 is 0 Å². The number of urea groups is 1. The molecule has 0 aliphatic carbocycles. The lowest BCUT2D eigenvalue weighted by Gasteiger charge is -2.37. The van der Waals surface area contributed by atoms with Crippen molar-refractivity contribution >= 4 is 27.8 Å². The van der Waals surface area contributed by atoms with E-state index in [0.717, 1.165) is 69.9 Å². The minimum Gasteiger partial charge on any atom is -0.508 e. The SMILES string of the molecule is CC1(C)O[C@@H]2[C@@H](O1)[C@@H](Cc1ccc(O)cc1)N(Cc1ccc3c(cnn3C3CCCCO3)c1)C(=O)N(Cc1ccc3[nH]ncc3c1)[C@@H]2Cc1ccc(O)cc1. The van der Waals surface area contributed by atoms with Crippen LogP contribution in [0.5, 0.6) is 11.5 Å². The number of aromatic hydroxyl groups is 2. The molecule has 3 aliphatic heterocycles. The number of hydrogen-bond acceptors (Lipinski definition) is 8. The molecule has 12 heteroatoms. The van der Waals surface area contributed by atoms with Gasteiger partial charge < -0.3 is 34.2 Å². The van der Waals surface area contributed by atoms with Crippen molar-refractivity contribution in [3.8, 4) is 11.5 Å². The first-order valence-corrected chi connectivity index (χ1v) is 19.2. The highest BCUT2D eigenvalue weighted by Crippen LogP contribution is 2.41. The van der Waals surface area contributed by atoms with Gasteiger partial charge >= 0.3 is 6.03 Å². The van der Waals surface area contributed by atoms with E-state index < -0.39 is 30.1 Å². The number of nitrogens with one attached hydrogen (secondary N) is 1. The van der Waals surface area contributed by atoms with E-state index in [-0.39, 0.29) is 23.8 Å². The van der Waals surface area contributed by atoms with Gasteiger partial charge in [-0.15, -0.1) is 0 Å². The Morgan fingerprint density at radius 1 is 0.745 bits per heavy atom. The Morgan fingerprint density at radius 3 is 1.93 bits per heavy atom. The van der Waals surface area contributed by atoms with Gasteiger partial charge in [0.1, 0.15) is 23.7 Å². The molecule has 0 radical (unpaired) electrons. The van der Waals surface area contributed by atoms with Crippen LogP contribution in [0.3, 0.4) is 0 Å². The maximum atomic E-state index is 15.6. The summed E-state index contributed by atoms with van der Waals surface area (Å²) in [5, 5.41) is 34.2. The van der Waals surface area contributed by atoms with E-state index >= 15 is 4.79 Å². The molecule has 2 amide bonds. The number of hydrogen-bond donors (Lipinski definition) is 3. The number of aromatic nitrogens is 4. The Kier molecular flexibility index (Phi) is 9.19. The minimum absolute atomic E-state index is 0.0841. The van der Waals surface area contributed by atoms with Crippen LogP contribution in [0, 0.1) is 0 Å². The number of fused-ring (bicyclic) bond motifs is 3. The molecular weight excluding hydrogens is 697 g/mol. The monoisotopic (exact) mass is 742 g/mol. The van der Waals surface area contributed by atoms with E-state index in [2.05, 4.69) is 34.5 Å². The highest BCUT2D eigenvalue weighted by Gasteiger charge is 2.55. The van der Waals surface area contributed by atoms with E-state index in [4.69, 9.17) is 19.3 Å². The normalized spacial score (nSPS) is 24.0. The van der Waals surface area contributed by atoms with Gasteiger partial charge in [0.2, 0.25) is 0 Å². The van der Waals surface area contributed by atoms with Crippen molar-refractivity contribution in [2.45, 2.75) is 95.3 Å². The third-order valence-electron chi connectivity index (χ3n) is 11.3. The van der Waals surface area contributed by atoms with Crippen LogP contribution < -0.4 is 0 Å². The van der Waals surface area contributed by atoms with Crippen LogP contribution in [0.25, 0.3) is 21.8 Å². The van der Waals surface area contributed by atoms with Crippen molar-refractivity contribution in [2.75, 3.05) is 6.61 Å². The second-order valence-corrected chi connectivity index (χ2v) is 15.6. The lowest BCUT2D eigenvalue weighted by molar-refractivity contribution is -0.157. The first-order valence-electron chi connectivity index (χ1n) is 19.2. The standard InChI is InChI=1S/C43H46N6O6/c1-43(2)54-40-37(21-27-6-12-33(50)13-7-27)47(25-29-10-16-35-31(19-29)23-44-46-35)42(52)48(38(41(40)55-43)22-28-8-14-34(51)15-9-28)26-30-11-17-36-32(20-30)24-45-49(36)39-5-3-4-18-53-39/h6-17,19-20,23-24,37-41,50-51H,3-5,18,21-22,25-26H2,1-2H3,(H,44,46)/t37-,38-,39?,40+,41+/m1/s1. The van der Waals surface area contributed by atoms with Crippen LogP contribution in [-0.4, -0.2) is 82.7 Å². The van der Waals surface area contributed by atoms with Crippen molar-refractivity contribution in [3.63, 3.8) is 0 Å². The number of benzene rings is 4. The predicted octanol–water partition coefficient (Wildman–Crippen LogP) is 7.20. The fraction of sp³-hybridized carbons (Fsp3) is 0.372. The van der Waals surface area contributed by atoms with Crippen molar-refractivity contribution in [3.05, 3.63) is 120 Å². The fourth-order valence-corrected chi connectivity index (χ4v) is 8.62. The van der Waals surface area contributed by atoms with Crippen molar-refractivity contribution in [1.82, 2.24) is 29.8 Å². The molecule has 5 atom stereocenters. The molecule has 5 heterocycles. The number of aromatic amines is 1. The highest BCUT2D eigenvalue weighted by atomic mass is 16.8. The first-order chi connectivity index (χ1) is 26.7. The van der Waals surface area contributed by atoms with E-state index in [1.54, 1.807) is 30.5 Å². The number of nitrogens with zero attached hydrogens (tertiary/aromatic N) is 5. The number of rotatable bonds is 9. The van der Waals surface area contributed by atoms with Crippen LogP contribution in [0.4, 0.5) is 4.79 Å². The largest absolute Gasteiger partial charge is 0.508 e. The van der Waals surface area contributed by atoms with Gasteiger partial charge in [0.05, 0.1) is 35.5 Å². The highest BCUT2D eigenvalue weighted by molar-refractivity contribution is 5.81. The lowest BCUT2D eigenvalue weighted by Crippen LogP contribution is -2.51. The lowest BCUT2D eigenvalue weighted by atomic mass is 9.90. The summed E-state index contributed by atoms with van der Waals surface area (Å²) in [5.74, 6) is -0.559. The van der Waals surface area contributed by atoms with Gasteiger partial charge in [-0.2, -0.15) is 10.2 Å². The minimum atomic E-state index is -0.919. The Hall–Kier alpha value is -5.43. The van der Waals surface area contributed by atoms with E-state index in [9.17, 15) is 10.2 Å². The summed E-state index contributed by atoms with van der Waals surface area (Å²) >= 11 is 0. The van der Waals surface area contributed by atoms with Crippen molar-refractivity contribution < 1.29 is 29.2 Å². The van der Waals surface area contributed by atoms with E-state index in [1.807, 2.05) is 70.9 Å². The smallest absolute Gasteiger partial charge is 0.321 e. The average molecular weight is 743 g/mol. The van der Waals surface area contributed by atoms with Gasteiger partial charge in [-0.3, -0.25) is 5.10 Å². The molecule has 9 rings (SSSR count). The second kappa shape index (κ2) is 14.3. The molecule has 3 N–H and O–H groups in total. The molecule has 0 saturated carbocycles. The van der Waals surface area contributed by atoms with Gasteiger partial charge in [-0.05, 0) is 117 Å². The topological polar surface area (TPSA) is 138 Å². The Balaban J connectivity index is 1.15.